The third kappa shape index (κ3) is 5.15. The quantitative estimate of drug-likeness (QED) is 0.271. The maximum atomic E-state index is 13.8. The molecular weight excluding hydrogens is 486 g/mol. The summed E-state index contributed by atoms with van der Waals surface area (Å²) >= 11 is 0. The molecule has 0 saturated heterocycles. The molecule has 1 N–H and O–H groups in total. The Morgan fingerprint density at radius 3 is 1.87 bits per heavy atom. The maximum absolute atomic E-state index is 13.8. The lowest BCUT2D eigenvalue weighted by Crippen LogP contribution is -2.18. The molecule has 0 aliphatic heterocycles. The lowest BCUT2D eigenvalue weighted by Gasteiger charge is -2.25. The van der Waals surface area contributed by atoms with Gasteiger partial charge in [-0.1, -0.05) is 50.7 Å². The van der Waals surface area contributed by atoms with Gasteiger partial charge in [-0.2, -0.15) is 0 Å². The number of hydrogen-bond donors (Lipinski definition) is 1. The molecule has 2 aliphatic carbocycles. The molecule has 1 unspecified atom stereocenters. The van der Waals surface area contributed by atoms with Gasteiger partial charge in [0, 0.05) is 17.0 Å². The highest BCUT2D eigenvalue weighted by molar-refractivity contribution is 6.01. The van der Waals surface area contributed by atoms with Crippen LogP contribution in [-0.2, 0) is 0 Å². The van der Waals surface area contributed by atoms with Crippen LogP contribution in [0.25, 0.3) is 21.9 Å². The van der Waals surface area contributed by atoms with Crippen molar-refractivity contribution in [2.24, 2.45) is 11.8 Å². The predicted molar refractivity (Wildman–Crippen MR) is 144 cm³/mol. The van der Waals surface area contributed by atoms with Crippen molar-refractivity contribution in [3.05, 3.63) is 70.7 Å². The van der Waals surface area contributed by atoms with Crippen LogP contribution in [0, 0.1) is 37.3 Å². The first kappa shape index (κ1) is 26.6. The minimum atomic E-state index is -0.605. The molecule has 2 saturated carbocycles. The van der Waals surface area contributed by atoms with Gasteiger partial charge in [-0.15, -0.1) is 0 Å². The maximum Gasteiger partial charge on any atom is 0.201 e. The Bertz CT molecular complexity index is 1420. The van der Waals surface area contributed by atoms with Gasteiger partial charge in [-0.05, 0) is 69.7 Å². The summed E-state index contributed by atoms with van der Waals surface area (Å²) in [7, 11) is 0. The number of Topliss-reactive ketones (excluding diaryl/α,β-unsaturated/α-hetero) is 1. The van der Waals surface area contributed by atoms with Crippen LogP contribution >= 0.6 is 0 Å². The van der Waals surface area contributed by atoms with Crippen LogP contribution in [0.5, 0.6) is 0 Å². The highest BCUT2D eigenvalue weighted by atomic mass is 19.1. The smallest absolute Gasteiger partial charge is 0.201 e. The van der Waals surface area contributed by atoms with Gasteiger partial charge in [-0.25, -0.2) is 8.78 Å². The Kier molecular flexibility index (Phi) is 7.98. The van der Waals surface area contributed by atoms with Crippen molar-refractivity contribution in [1.29, 1.82) is 0 Å². The van der Waals surface area contributed by atoms with E-state index in [9.17, 15) is 18.7 Å². The molecule has 4 nitrogen and oxygen atoms in total. The minimum absolute atomic E-state index is 0.0489. The standard InChI is InChI=1S/C16H19FO2.C16H17FO2/c2*1-10-14-12(17)8-5-9-13(14)19-16(10)15(18)11-6-3-2-4-7-11/h5,8-9,11,15,18H,2-4,6-7H2,1H3;5,8-9,11H,2-4,6-7H2,1H3. The summed E-state index contributed by atoms with van der Waals surface area (Å²) in [6.07, 6.45) is 10.3. The van der Waals surface area contributed by atoms with E-state index >= 15 is 0 Å². The van der Waals surface area contributed by atoms with Crippen molar-refractivity contribution in [1.82, 2.24) is 0 Å². The summed E-state index contributed by atoms with van der Waals surface area (Å²) < 4.78 is 38.9. The third-order valence-corrected chi connectivity index (χ3v) is 8.41. The molecule has 1 atom stereocenters. The van der Waals surface area contributed by atoms with Crippen molar-refractivity contribution in [2.75, 3.05) is 0 Å². The van der Waals surface area contributed by atoms with E-state index in [1.807, 2.05) is 6.92 Å². The number of ketones is 1. The molecule has 2 aromatic heterocycles. The largest absolute Gasteiger partial charge is 0.458 e. The Hall–Kier alpha value is -2.99. The number of aliphatic hydroxyl groups is 1. The normalized spacial score (nSPS) is 17.9. The molecule has 0 bridgehead atoms. The first-order valence-electron chi connectivity index (χ1n) is 13.9. The summed E-state index contributed by atoms with van der Waals surface area (Å²) in [4.78, 5) is 12.5. The van der Waals surface area contributed by atoms with E-state index in [1.165, 1.54) is 25.0 Å². The zero-order valence-electron chi connectivity index (χ0n) is 22.2. The lowest BCUT2D eigenvalue weighted by molar-refractivity contribution is 0.0661. The number of furan rings is 2. The highest BCUT2D eigenvalue weighted by Crippen LogP contribution is 2.39. The molecule has 2 aliphatic rings. The van der Waals surface area contributed by atoms with Gasteiger partial charge in [0.15, 0.2) is 5.76 Å². The number of aliphatic hydroxyl groups excluding tert-OH is 1. The van der Waals surface area contributed by atoms with Gasteiger partial charge in [-0.3, -0.25) is 4.79 Å². The minimum Gasteiger partial charge on any atom is -0.458 e. The van der Waals surface area contributed by atoms with Crippen molar-refractivity contribution in [3.8, 4) is 0 Å². The van der Waals surface area contributed by atoms with Gasteiger partial charge in [0.1, 0.15) is 34.7 Å². The van der Waals surface area contributed by atoms with Gasteiger partial charge < -0.3 is 13.9 Å². The van der Waals surface area contributed by atoms with Crippen LogP contribution in [0.4, 0.5) is 8.78 Å². The van der Waals surface area contributed by atoms with E-state index in [1.54, 1.807) is 31.2 Å². The van der Waals surface area contributed by atoms with Gasteiger partial charge in [0.05, 0.1) is 10.8 Å². The SMILES string of the molecule is Cc1c(C(=O)C2CCCCC2)oc2cccc(F)c12.Cc1c(C(O)C2CCCCC2)oc2cccc(F)c12. The number of hydrogen-bond acceptors (Lipinski definition) is 4. The van der Waals surface area contributed by atoms with E-state index in [2.05, 4.69) is 0 Å². The number of carbonyl (C=O) groups excluding carboxylic acids is 1. The molecule has 0 amide bonds. The number of halogens is 2. The number of fused-ring (bicyclic) bond motifs is 2. The molecule has 2 fully saturated rings. The van der Waals surface area contributed by atoms with Crippen LogP contribution < -0.4 is 0 Å². The van der Waals surface area contributed by atoms with E-state index in [0.29, 0.717) is 39.0 Å². The molecule has 6 heteroatoms. The lowest BCUT2D eigenvalue weighted by atomic mass is 9.84. The summed E-state index contributed by atoms with van der Waals surface area (Å²) in [6, 6.07) is 9.54. The number of carbonyl (C=O) groups is 1. The van der Waals surface area contributed by atoms with Crippen molar-refractivity contribution in [2.45, 2.75) is 84.2 Å². The van der Waals surface area contributed by atoms with Crippen LogP contribution in [0.2, 0.25) is 0 Å². The summed E-state index contributed by atoms with van der Waals surface area (Å²) in [5, 5.41) is 11.5. The van der Waals surface area contributed by atoms with Crippen LogP contribution in [0.3, 0.4) is 0 Å². The third-order valence-electron chi connectivity index (χ3n) is 8.41. The van der Waals surface area contributed by atoms with E-state index in [0.717, 1.165) is 56.9 Å². The van der Waals surface area contributed by atoms with Crippen LogP contribution in [-0.4, -0.2) is 10.9 Å². The Morgan fingerprint density at radius 1 is 0.789 bits per heavy atom. The van der Waals surface area contributed by atoms with E-state index in [4.69, 9.17) is 8.83 Å². The summed E-state index contributed by atoms with van der Waals surface area (Å²) in [6.45, 7) is 3.60. The highest BCUT2D eigenvalue weighted by Gasteiger charge is 2.29. The van der Waals surface area contributed by atoms with Crippen LogP contribution in [0.15, 0.2) is 45.2 Å². The Morgan fingerprint density at radius 2 is 1.32 bits per heavy atom. The second kappa shape index (κ2) is 11.4. The fourth-order valence-electron chi connectivity index (χ4n) is 6.26. The number of rotatable bonds is 4. The topological polar surface area (TPSA) is 63.6 Å². The summed E-state index contributed by atoms with van der Waals surface area (Å²) in [5.41, 5.74) is 2.38. The summed E-state index contributed by atoms with van der Waals surface area (Å²) in [5.74, 6) is 0.654. The fraction of sp³-hybridized carbons (Fsp3) is 0.469. The Balaban J connectivity index is 0.000000155. The van der Waals surface area contributed by atoms with E-state index in [-0.39, 0.29) is 29.3 Å². The molecule has 2 heterocycles. The van der Waals surface area contributed by atoms with Gasteiger partial charge in [0.25, 0.3) is 0 Å². The fourth-order valence-corrected chi connectivity index (χ4v) is 6.26. The zero-order valence-corrected chi connectivity index (χ0v) is 22.2. The number of aryl methyl sites for hydroxylation is 2. The molecule has 0 spiro atoms. The van der Waals surface area contributed by atoms with Crippen molar-refractivity contribution >= 4 is 27.7 Å². The molecule has 4 aromatic rings. The molecular formula is C32H36F2O4. The predicted octanol–water partition coefficient (Wildman–Crippen LogP) is 9.14. The second-order valence-electron chi connectivity index (χ2n) is 10.9. The number of benzene rings is 2. The van der Waals surface area contributed by atoms with Crippen molar-refractivity contribution in [3.63, 3.8) is 0 Å². The first-order valence-corrected chi connectivity index (χ1v) is 13.9. The molecule has 202 valence electrons. The molecule has 38 heavy (non-hydrogen) atoms. The monoisotopic (exact) mass is 522 g/mol. The molecule has 0 radical (unpaired) electrons. The van der Waals surface area contributed by atoms with Gasteiger partial charge >= 0.3 is 0 Å². The van der Waals surface area contributed by atoms with Gasteiger partial charge in [0.2, 0.25) is 5.78 Å². The molecule has 6 rings (SSSR count). The average molecular weight is 523 g/mol. The second-order valence-corrected chi connectivity index (χ2v) is 10.9. The zero-order chi connectivity index (χ0) is 26.8. The molecule has 2 aromatic carbocycles. The Labute approximate surface area is 222 Å². The first-order chi connectivity index (χ1) is 18.4. The van der Waals surface area contributed by atoms with Crippen molar-refractivity contribution < 1.29 is 27.5 Å². The van der Waals surface area contributed by atoms with Crippen LogP contribution in [0.1, 0.15) is 97.8 Å². The van der Waals surface area contributed by atoms with E-state index < -0.39 is 6.10 Å². The average Bonchev–Trinajstić information content (AvgIpc) is 3.47.